The van der Waals surface area contributed by atoms with Crippen molar-refractivity contribution >= 4 is 11.3 Å². The first kappa shape index (κ1) is 10.1. The van der Waals surface area contributed by atoms with Gasteiger partial charge >= 0.3 is 0 Å². The van der Waals surface area contributed by atoms with Crippen molar-refractivity contribution in [3.8, 4) is 0 Å². The van der Waals surface area contributed by atoms with Crippen LogP contribution in [-0.2, 0) is 18.4 Å². The summed E-state index contributed by atoms with van der Waals surface area (Å²) in [6.07, 6.45) is 4.83. The number of nitrogens with zero attached hydrogens (tertiary/aromatic N) is 1. The zero-order valence-electron chi connectivity index (χ0n) is 9.18. The fourth-order valence-electron chi connectivity index (χ4n) is 1.86. The SMILES string of the molecule is CCC(C)(NC)c1nc2c(s1)CCC2. The molecule has 1 aromatic heterocycles. The van der Waals surface area contributed by atoms with Crippen LogP contribution in [-0.4, -0.2) is 12.0 Å². The highest BCUT2D eigenvalue weighted by atomic mass is 32.1. The number of rotatable bonds is 3. The van der Waals surface area contributed by atoms with Gasteiger partial charge in [0, 0.05) is 4.88 Å². The average Bonchev–Trinajstić information content (AvgIpc) is 2.76. The molecule has 0 aromatic carbocycles. The van der Waals surface area contributed by atoms with E-state index >= 15 is 0 Å². The molecule has 1 N–H and O–H groups in total. The van der Waals surface area contributed by atoms with Crippen molar-refractivity contribution in [3.05, 3.63) is 15.6 Å². The van der Waals surface area contributed by atoms with E-state index in [1.54, 1.807) is 0 Å². The predicted molar refractivity (Wildman–Crippen MR) is 60.8 cm³/mol. The lowest BCUT2D eigenvalue weighted by molar-refractivity contribution is 0.383. The minimum absolute atomic E-state index is 0.0784. The molecule has 1 aliphatic rings. The normalized spacial score (nSPS) is 19.4. The highest BCUT2D eigenvalue weighted by molar-refractivity contribution is 7.12. The first-order valence-electron chi connectivity index (χ1n) is 5.37. The fourth-order valence-corrected chi connectivity index (χ4v) is 3.23. The highest BCUT2D eigenvalue weighted by Gasteiger charge is 2.28. The van der Waals surface area contributed by atoms with Gasteiger partial charge in [0.05, 0.1) is 11.2 Å². The van der Waals surface area contributed by atoms with Crippen molar-refractivity contribution in [2.45, 2.75) is 45.1 Å². The maximum atomic E-state index is 4.76. The van der Waals surface area contributed by atoms with Crippen molar-refractivity contribution in [1.29, 1.82) is 0 Å². The van der Waals surface area contributed by atoms with Gasteiger partial charge in [-0.2, -0.15) is 0 Å². The minimum atomic E-state index is 0.0784. The van der Waals surface area contributed by atoms with E-state index in [0.29, 0.717) is 0 Å². The molecule has 0 radical (unpaired) electrons. The minimum Gasteiger partial charge on any atom is -0.309 e. The van der Waals surface area contributed by atoms with Gasteiger partial charge in [0.2, 0.25) is 0 Å². The van der Waals surface area contributed by atoms with Crippen LogP contribution >= 0.6 is 11.3 Å². The molecule has 0 saturated heterocycles. The molecule has 0 fully saturated rings. The van der Waals surface area contributed by atoms with Crippen molar-refractivity contribution in [3.63, 3.8) is 0 Å². The summed E-state index contributed by atoms with van der Waals surface area (Å²) in [6, 6.07) is 0. The molecule has 0 spiro atoms. The quantitative estimate of drug-likeness (QED) is 0.829. The van der Waals surface area contributed by atoms with Crippen LogP contribution in [0.3, 0.4) is 0 Å². The predicted octanol–water partition coefficient (Wildman–Crippen LogP) is 2.48. The largest absolute Gasteiger partial charge is 0.309 e. The molecule has 78 valence electrons. The maximum Gasteiger partial charge on any atom is 0.113 e. The van der Waals surface area contributed by atoms with E-state index in [1.165, 1.54) is 34.8 Å². The molecule has 0 aliphatic heterocycles. The van der Waals surface area contributed by atoms with Crippen molar-refractivity contribution in [2.75, 3.05) is 7.05 Å². The molecule has 14 heavy (non-hydrogen) atoms. The summed E-state index contributed by atoms with van der Waals surface area (Å²) in [5.74, 6) is 0. The van der Waals surface area contributed by atoms with E-state index < -0.39 is 0 Å². The Balaban J connectivity index is 2.32. The second-order valence-corrected chi connectivity index (χ2v) is 5.26. The number of aryl methyl sites for hydroxylation is 2. The highest BCUT2D eigenvalue weighted by Crippen LogP contribution is 2.34. The number of aromatic nitrogens is 1. The molecule has 0 bridgehead atoms. The topological polar surface area (TPSA) is 24.9 Å². The van der Waals surface area contributed by atoms with Gasteiger partial charge in [-0.25, -0.2) is 4.98 Å². The van der Waals surface area contributed by atoms with Crippen LogP contribution in [0.1, 0.15) is 42.3 Å². The molecule has 1 heterocycles. The lowest BCUT2D eigenvalue weighted by Gasteiger charge is -2.25. The van der Waals surface area contributed by atoms with Gasteiger partial charge in [0.1, 0.15) is 5.01 Å². The summed E-state index contributed by atoms with van der Waals surface area (Å²) in [5.41, 5.74) is 1.44. The molecule has 0 amide bonds. The molecule has 0 saturated carbocycles. The molecular formula is C11H18N2S. The lowest BCUT2D eigenvalue weighted by atomic mass is 10.0. The van der Waals surface area contributed by atoms with Crippen LogP contribution < -0.4 is 5.32 Å². The summed E-state index contributed by atoms with van der Waals surface area (Å²) >= 11 is 1.90. The van der Waals surface area contributed by atoms with Gasteiger partial charge < -0.3 is 5.32 Å². The summed E-state index contributed by atoms with van der Waals surface area (Å²) in [5, 5.41) is 4.65. The standard InChI is InChI=1S/C11H18N2S/c1-4-11(2,12-3)10-13-8-6-5-7-9(8)14-10/h12H,4-7H2,1-3H3. The molecule has 1 unspecified atom stereocenters. The molecule has 1 atom stereocenters. The van der Waals surface area contributed by atoms with Crippen LogP contribution in [0.4, 0.5) is 0 Å². The van der Waals surface area contributed by atoms with Crippen LogP contribution in [0, 0.1) is 0 Å². The summed E-state index contributed by atoms with van der Waals surface area (Å²) in [4.78, 5) is 6.28. The van der Waals surface area contributed by atoms with E-state index in [0.717, 1.165) is 6.42 Å². The van der Waals surface area contributed by atoms with E-state index in [-0.39, 0.29) is 5.54 Å². The zero-order valence-corrected chi connectivity index (χ0v) is 10.0. The second-order valence-electron chi connectivity index (χ2n) is 4.18. The zero-order chi connectivity index (χ0) is 10.2. The van der Waals surface area contributed by atoms with Gasteiger partial charge in [-0.15, -0.1) is 11.3 Å². The Morgan fingerprint density at radius 2 is 2.29 bits per heavy atom. The van der Waals surface area contributed by atoms with Crippen molar-refractivity contribution in [1.82, 2.24) is 10.3 Å². The molecule has 3 heteroatoms. The third kappa shape index (κ3) is 1.48. The average molecular weight is 210 g/mol. The Kier molecular flexibility index (Phi) is 2.62. The second kappa shape index (κ2) is 3.63. The third-order valence-corrected chi connectivity index (χ3v) is 4.75. The lowest BCUT2D eigenvalue weighted by Crippen LogP contribution is -2.35. The Labute approximate surface area is 89.8 Å². The Bertz CT molecular complexity index is 305. The number of hydrogen-bond donors (Lipinski definition) is 1. The van der Waals surface area contributed by atoms with Crippen molar-refractivity contribution < 1.29 is 0 Å². The Morgan fingerprint density at radius 1 is 1.50 bits per heavy atom. The van der Waals surface area contributed by atoms with Gasteiger partial charge in [-0.05, 0) is 39.7 Å². The molecular weight excluding hydrogens is 192 g/mol. The van der Waals surface area contributed by atoms with Crippen LogP contribution in [0.15, 0.2) is 0 Å². The van der Waals surface area contributed by atoms with Gasteiger partial charge in [-0.3, -0.25) is 0 Å². The van der Waals surface area contributed by atoms with Gasteiger partial charge in [-0.1, -0.05) is 6.92 Å². The van der Waals surface area contributed by atoms with Gasteiger partial charge in [0.25, 0.3) is 0 Å². The van der Waals surface area contributed by atoms with Crippen LogP contribution in [0.2, 0.25) is 0 Å². The maximum absolute atomic E-state index is 4.76. The summed E-state index contributed by atoms with van der Waals surface area (Å²) < 4.78 is 0. The van der Waals surface area contributed by atoms with Crippen LogP contribution in [0.25, 0.3) is 0 Å². The monoisotopic (exact) mass is 210 g/mol. The first-order chi connectivity index (χ1) is 6.69. The van der Waals surface area contributed by atoms with E-state index in [1.807, 2.05) is 18.4 Å². The number of nitrogens with one attached hydrogen (secondary N) is 1. The third-order valence-electron chi connectivity index (χ3n) is 3.33. The number of thiazole rings is 1. The van der Waals surface area contributed by atoms with Gasteiger partial charge in [0.15, 0.2) is 0 Å². The first-order valence-corrected chi connectivity index (χ1v) is 6.19. The number of hydrogen-bond acceptors (Lipinski definition) is 3. The van der Waals surface area contributed by atoms with Crippen LogP contribution in [0.5, 0.6) is 0 Å². The molecule has 2 nitrogen and oxygen atoms in total. The molecule has 2 rings (SSSR count). The molecule has 1 aliphatic carbocycles. The van der Waals surface area contributed by atoms with E-state index in [2.05, 4.69) is 19.2 Å². The number of fused-ring (bicyclic) bond motifs is 1. The van der Waals surface area contributed by atoms with E-state index in [9.17, 15) is 0 Å². The smallest absolute Gasteiger partial charge is 0.113 e. The molecule has 1 aromatic rings. The van der Waals surface area contributed by atoms with Crippen molar-refractivity contribution in [2.24, 2.45) is 0 Å². The summed E-state index contributed by atoms with van der Waals surface area (Å²) in [6.45, 7) is 4.45. The van der Waals surface area contributed by atoms with E-state index in [4.69, 9.17) is 4.98 Å². The fraction of sp³-hybridized carbons (Fsp3) is 0.727. The Hall–Kier alpha value is -0.410. The Morgan fingerprint density at radius 3 is 2.86 bits per heavy atom. The summed E-state index contributed by atoms with van der Waals surface area (Å²) in [7, 11) is 2.02.